The molecule has 1 aromatic carbocycles. The molecule has 6 nitrogen and oxygen atoms in total. The fourth-order valence-corrected chi connectivity index (χ4v) is 4.24. The van der Waals surface area contributed by atoms with E-state index < -0.39 is 11.5 Å². The van der Waals surface area contributed by atoms with E-state index in [0.717, 1.165) is 11.4 Å². The van der Waals surface area contributed by atoms with E-state index in [1.807, 2.05) is 31.4 Å². The highest BCUT2D eigenvalue weighted by atomic mass is 32.1. The number of carbonyl (C=O) groups is 2. The Kier molecular flexibility index (Phi) is 5.37. The molecular formula is C23H20N2O4S. The normalized spacial score (nSPS) is 11.0. The minimum Gasteiger partial charge on any atom is -0.454 e. The van der Waals surface area contributed by atoms with Crippen LogP contribution < -0.4 is 5.56 Å². The topological polar surface area (TPSA) is 81.2 Å². The first kappa shape index (κ1) is 19.8. The number of nitrogens with one attached hydrogen (secondary N) is 1. The molecule has 0 aliphatic carbocycles. The van der Waals surface area contributed by atoms with Gasteiger partial charge in [0.2, 0.25) is 11.3 Å². The zero-order valence-corrected chi connectivity index (χ0v) is 17.4. The van der Waals surface area contributed by atoms with Crippen LogP contribution >= 0.6 is 11.3 Å². The molecule has 0 radical (unpaired) electrons. The molecule has 3 heterocycles. The highest BCUT2D eigenvalue weighted by Gasteiger charge is 2.19. The van der Waals surface area contributed by atoms with Gasteiger partial charge in [-0.2, -0.15) is 0 Å². The first-order valence-electron chi connectivity index (χ1n) is 9.45. The van der Waals surface area contributed by atoms with E-state index in [2.05, 4.69) is 15.6 Å². The second-order valence-electron chi connectivity index (χ2n) is 7.04. The Morgan fingerprint density at radius 2 is 1.87 bits per heavy atom. The molecule has 0 saturated carbocycles. The summed E-state index contributed by atoms with van der Waals surface area (Å²) < 4.78 is 7.34. The first-order chi connectivity index (χ1) is 14.4. The van der Waals surface area contributed by atoms with Gasteiger partial charge >= 0.3 is 5.97 Å². The van der Waals surface area contributed by atoms with Gasteiger partial charge in [-0.1, -0.05) is 24.3 Å². The zero-order chi connectivity index (χ0) is 21.3. The van der Waals surface area contributed by atoms with E-state index in [1.54, 1.807) is 35.6 Å². The van der Waals surface area contributed by atoms with Gasteiger partial charge in [0.05, 0.1) is 12.1 Å². The fraction of sp³-hybridized carbons (Fsp3) is 0.174. The molecule has 0 spiro atoms. The third-order valence-electron chi connectivity index (χ3n) is 5.07. The Morgan fingerprint density at radius 1 is 1.07 bits per heavy atom. The van der Waals surface area contributed by atoms with Crippen molar-refractivity contribution in [1.29, 1.82) is 0 Å². The summed E-state index contributed by atoms with van der Waals surface area (Å²) >= 11 is 1.66. The van der Waals surface area contributed by atoms with Crippen molar-refractivity contribution in [3.63, 3.8) is 0 Å². The van der Waals surface area contributed by atoms with Crippen LogP contribution in [0.3, 0.4) is 0 Å². The van der Waals surface area contributed by atoms with Gasteiger partial charge in [0, 0.05) is 38.8 Å². The van der Waals surface area contributed by atoms with E-state index >= 15 is 0 Å². The number of para-hydroxylation sites is 1. The van der Waals surface area contributed by atoms with Gasteiger partial charge < -0.3 is 14.3 Å². The number of ether oxygens (including phenoxy) is 1. The number of aryl methyl sites for hydroxylation is 1. The average Bonchev–Trinajstić information content (AvgIpc) is 3.35. The quantitative estimate of drug-likeness (QED) is 0.376. The van der Waals surface area contributed by atoms with Crippen LogP contribution in [0.4, 0.5) is 0 Å². The Balaban J connectivity index is 1.52. The monoisotopic (exact) mass is 420 g/mol. The second-order valence-corrected chi connectivity index (χ2v) is 8.07. The highest BCUT2D eigenvalue weighted by Crippen LogP contribution is 2.20. The average molecular weight is 420 g/mol. The van der Waals surface area contributed by atoms with Gasteiger partial charge in [-0.3, -0.25) is 9.59 Å². The largest absolute Gasteiger partial charge is 0.454 e. The molecule has 0 bridgehead atoms. The Labute approximate surface area is 176 Å². The van der Waals surface area contributed by atoms with Crippen molar-refractivity contribution in [1.82, 2.24) is 9.55 Å². The summed E-state index contributed by atoms with van der Waals surface area (Å²) in [5, 5.41) is 2.59. The van der Waals surface area contributed by atoms with E-state index in [-0.39, 0.29) is 18.0 Å². The number of aromatic nitrogens is 2. The molecule has 3 aromatic heterocycles. The van der Waals surface area contributed by atoms with Crippen LogP contribution in [-0.2, 0) is 11.3 Å². The second kappa shape index (κ2) is 8.12. The standard InChI is InChI=1S/C23H20N2O4S/c1-14-10-18(15(2)25(14)12-16-6-5-9-30-16)21(26)13-29-23(28)19-11-22(27)24-20-8-4-3-7-17(19)20/h3-11H,12-13H2,1-2H3,(H,24,27). The molecule has 4 rings (SSSR count). The van der Waals surface area contributed by atoms with Crippen molar-refractivity contribution >= 4 is 34.0 Å². The Bertz CT molecular complexity index is 1300. The number of carbonyl (C=O) groups excluding carboxylic acids is 2. The maximum Gasteiger partial charge on any atom is 0.339 e. The van der Waals surface area contributed by atoms with Crippen LogP contribution in [0, 0.1) is 13.8 Å². The van der Waals surface area contributed by atoms with Crippen LogP contribution in [-0.4, -0.2) is 27.9 Å². The van der Waals surface area contributed by atoms with E-state index in [1.165, 1.54) is 10.9 Å². The number of esters is 1. The lowest BCUT2D eigenvalue weighted by atomic mass is 10.1. The molecule has 1 N–H and O–H groups in total. The van der Waals surface area contributed by atoms with Crippen molar-refractivity contribution in [2.75, 3.05) is 6.61 Å². The first-order valence-corrected chi connectivity index (χ1v) is 10.3. The van der Waals surface area contributed by atoms with E-state index in [0.29, 0.717) is 23.0 Å². The van der Waals surface area contributed by atoms with Crippen LogP contribution in [0.15, 0.2) is 58.7 Å². The number of hydrogen-bond acceptors (Lipinski definition) is 5. The van der Waals surface area contributed by atoms with Crippen molar-refractivity contribution < 1.29 is 14.3 Å². The number of thiophene rings is 1. The predicted molar refractivity (Wildman–Crippen MR) is 117 cm³/mol. The number of benzene rings is 1. The highest BCUT2D eigenvalue weighted by molar-refractivity contribution is 7.09. The number of pyridine rings is 1. The third kappa shape index (κ3) is 3.84. The number of ketones is 1. The summed E-state index contributed by atoms with van der Waals surface area (Å²) in [5.41, 5.74) is 2.63. The van der Waals surface area contributed by atoms with Crippen LogP contribution in [0.1, 0.15) is 37.0 Å². The SMILES string of the molecule is Cc1cc(C(=O)COC(=O)c2cc(=O)[nH]c3ccccc23)c(C)n1Cc1cccs1. The van der Waals surface area contributed by atoms with Crippen LogP contribution in [0.2, 0.25) is 0 Å². The van der Waals surface area contributed by atoms with Gasteiger partial charge in [0.25, 0.3) is 0 Å². The number of fused-ring (bicyclic) bond motifs is 1. The minimum absolute atomic E-state index is 0.144. The molecule has 7 heteroatoms. The molecule has 4 aromatic rings. The summed E-state index contributed by atoms with van der Waals surface area (Å²) in [5.74, 6) is -0.971. The van der Waals surface area contributed by atoms with Gasteiger partial charge in [-0.25, -0.2) is 4.79 Å². The number of Topliss-reactive ketones (excluding diaryl/α,β-unsaturated/α-hetero) is 1. The summed E-state index contributed by atoms with van der Waals surface area (Å²) in [4.78, 5) is 41.1. The molecule has 0 aliphatic heterocycles. The maximum absolute atomic E-state index is 12.7. The van der Waals surface area contributed by atoms with Gasteiger partial charge in [0.15, 0.2) is 6.61 Å². The molecule has 0 amide bonds. The maximum atomic E-state index is 12.7. The number of nitrogens with zero attached hydrogens (tertiary/aromatic N) is 1. The molecule has 0 unspecified atom stereocenters. The zero-order valence-electron chi connectivity index (χ0n) is 16.6. The summed E-state index contributed by atoms with van der Waals surface area (Å²) in [6.45, 7) is 4.15. The molecule has 0 aliphatic rings. The molecule has 152 valence electrons. The van der Waals surface area contributed by atoms with Gasteiger partial charge in [-0.05, 0) is 37.4 Å². The molecule has 30 heavy (non-hydrogen) atoms. The van der Waals surface area contributed by atoms with E-state index in [4.69, 9.17) is 4.74 Å². The van der Waals surface area contributed by atoms with Crippen molar-refractivity contribution in [3.8, 4) is 0 Å². The lowest BCUT2D eigenvalue weighted by Crippen LogP contribution is -2.17. The number of aromatic amines is 1. The van der Waals surface area contributed by atoms with Crippen molar-refractivity contribution in [2.24, 2.45) is 0 Å². The lowest BCUT2D eigenvalue weighted by Gasteiger charge is -2.09. The summed E-state index contributed by atoms with van der Waals surface area (Å²) in [7, 11) is 0. The molecule has 0 saturated heterocycles. The van der Waals surface area contributed by atoms with Crippen molar-refractivity contribution in [3.05, 3.63) is 91.7 Å². The predicted octanol–water partition coefficient (Wildman–Crippen LogP) is 4.10. The summed E-state index contributed by atoms with van der Waals surface area (Å²) in [6, 6.07) is 14.0. The number of hydrogen-bond donors (Lipinski definition) is 1. The Morgan fingerprint density at radius 3 is 2.63 bits per heavy atom. The smallest absolute Gasteiger partial charge is 0.339 e. The number of rotatable bonds is 6. The fourth-order valence-electron chi connectivity index (χ4n) is 3.55. The molecular weight excluding hydrogens is 400 g/mol. The van der Waals surface area contributed by atoms with Crippen molar-refractivity contribution in [2.45, 2.75) is 20.4 Å². The minimum atomic E-state index is -0.696. The van der Waals surface area contributed by atoms with Gasteiger partial charge in [0.1, 0.15) is 0 Å². The Hall–Kier alpha value is -3.45. The number of H-pyrrole nitrogens is 1. The third-order valence-corrected chi connectivity index (χ3v) is 5.93. The molecule has 0 atom stereocenters. The van der Waals surface area contributed by atoms with Crippen LogP contribution in [0.5, 0.6) is 0 Å². The van der Waals surface area contributed by atoms with Gasteiger partial charge in [-0.15, -0.1) is 11.3 Å². The summed E-state index contributed by atoms with van der Waals surface area (Å²) in [6.07, 6.45) is 0. The molecule has 0 fully saturated rings. The van der Waals surface area contributed by atoms with E-state index in [9.17, 15) is 14.4 Å². The van der Waals surface area contributed by atoms with Crippen LogP contribution in [0.25, 0.3) is 10.9 Å². The lowest BCUT2D eigenvalue weighted by molar-refractivity contribution is 0.0476.